The highest BCUT2D eigenvalue weighted by Gasteiger charge is 2.13. The molecule has 112 valence electrons. The number of hydrogen-bond acceptors (Lipinski definition) is 4. The van der Waals surface area contributed by atoms with Gasteiger partial charge in [0.2, 0.25) is 0 Å². The molecule has 0 bridgehead atoms. The summed E-state index contributed by atoms with van der Waals surface area (Å²) >= 11 is 4.83. The summed E-state index contributed by atoms with van der Waals surface area (Å²) in [5.41, 5.74) is 1.54. The van der Waals surface area contributed by atoms with Crippen molar-refractivity contribution >= 4 is 38.6 Å². The highest BCUT2D eigenvalue weighted by atomic mass is 79.9. The van der Waals surface area contributed by atoms with Gasteiger partial charge in [0.25, 0.3) is 5.56 Å². The molecule has 2 aromatic rings. The molecule has 1 N–H and O–H groups in total. The molecule has 0 aliphatic heterocycles. The Labute approximate surface area is 136 Å². The standard InChI is InChI=1S/C15H17BrN2O2S/c1-9(2)8-21-15-17-13-5-4-11(16)6-12(13)14(20)18(15)7-10(3)19/h4-6,10,19H,1,7-8H2,2-3H3. The van der Waals surface area contributed by atoms with Crippen molar-refractivity contribution in [2.75, 3.05) is 5.75 Å². The third-order valence-corrected chi connectivity index (χ3v) is 4.48. The average molecular weight is 369 g/mol. The smallest absolute Gasteiger partial charge is 0.262 e. The van der Waals surface area contributed by atoms with Crippen molar-refractivity contribution in [2.45, 2.75) is 31.7 Å². The summed E-state index contributed by atoms with van der Waals surface area (Å²) in [5, 5.41) is 10.8. The van der Waals surface area contributed by atoms with Crippen molar-refractivity contribution in [3.05, 3.63) is 45.2 Å². The average Bonchev–Trinajstić information content (AvgIpc) is 2.40. The minimum absolute atomic E-state index is 0.133. The number of thioether (sulfide) groups is 1. The zero-order valence-electron chi connectivity index (χ0n) is 12.0. The molecule has 0 aliphatic rings. The van der Waals surface area contributed by atoms with Gasteiger partial charge in [0.1, 0.15) is 0 Å². The van der Waals surface area contributed by atoms with E-state index in [1.165, 1.54) is 16.3 Å². The molecule has 0 radical (unpaired) electrons. The Bertz CT molecular complexity index is 740. The quantitative estimate of drug-likeness (QED) is 0.500. The molecule has 1 atom stereocenters. The van der Waals surface area contributed by atoms with Crippen LogP contribution in [0.1, 0.15) is 13.8 Å². The Kier molecular flexibility index (Phi) is 5.24. The van der Waals surface area contributed by atoms with Crippen molar-refractivity contribution in [1.82, 2.24) is 9.55 Å². The zero-order chi connectivity index (χ0) is 15.6. The van der Waals surface area contributed by atoms with E-state index >= 15 is 0 Å². The zero-order valence-corrected chi connectivity index (χ0v) is 14.4. The first-order chi connectivity index (χ1) is 9.88. The Morgan fingerprint density at radius 2 is 2.29 bits per heavy atom. The van der Waals surface area contributed by atoms with Crippen LogP contribution in [-0.2, 0) is 6.54 Å². The number of aliphatic hydroxyl groups excluding tert-OH is 1. The number of benzene rings is 1. The van der Waals surface area contributed by atoms with Crippen LogP contribution in [0.4, 0.5) is 0 Å². The Morgan fingerprint density at radius 1 is 1.57 bits per heavy atom. The van der Waals surface area contributed by atoms with Gasteiger partial charge >= 0.3 is 0 Å². The molecule has 1 unspecified atom stereocenters. The van der Waals surface area contributed by atoms with E-state index in [-0.39, 0.29) is 12.1 Å². The molecule has 1 aromatic heterocycles. The molecule has 0 saturated heterocycles. The lowest BCUT2D eigenvalue weighted by molar-refractivity contribution is 0.168. The molecule has 0 amide bonds. The monoisotopic (exact) mass is 368 g/mol. The maximum absolute atomic E-state index is 12.6. The first-order valence-electron chi connectivity index (χ1n) is 6.54. The van der Waals surface area contributed by atoms with Gasteiger partial charge in [0.15, 0.2) is 5.16 Å². The van der Waals surface area contributed by atoms with Crippen molar-refractivity contribution < 1.29 is 5.11 Å². The van der Waals surface area contributed by atoms with Gasteiger partial charge in [-0.1, -0.05) is 39.8 Å². The van der Waals surface area contributed by atoms with Crippen molar-refractivity contribution in [2.24, 2.45) is 0 Å². The van der Waals surface area contributed by atoms with Crippen LogP contribution < -0.4 is 5.56 Å². The summed E-state index contributed by atoms with van der Waals surface area (Å²) in [5.74, 6) is 0.689. The molecule has 2 rings (SSSR count). The maximum atomic E-state index is 12.6. The van der Waals surface area contributed by atoms with Crippen molar-refractivity contribution in [1.29, 1.82) is 0 Å². The summed E-state index contributed by atoms with van der Waals surface area (Å²) in [7, 11) is 0. The van der Waals surface area contributed by atoms with E-state index in [1.807, 2.05) is 19.1 Å². The second-order valence-corrected chi connectivity index (χ2v) is 6.92. The highest BCUT2D eigenvalue weighted by molar-refractivity contribution is 9.10. The molecular formula is C15H17BrN2O2S. The lowest BCUT2D eigenvalue weighted by atomic mass is 10.2. The van der Waals surface area contributed by atoms with Gasteiger partial charge in [-0.05, 0) is 32.0 Å². The number of rotatable bonds is 5. The molecule has 1 heterocycles. The lowest BCUT2D eigenvalue weighted by Crippen LogP contribution is -2.28. The van der Waals surface area contributed by atoms with Crippen LogP contribution in [0.15, 0.2) is 44.8 Å². The van der Waals surface area contributed by atoms with Crippen LogP contribution in [-0.4, -0.2) is 26.5 Å². The van der Waals surface area contributed by atoms with Gasteiger partial charge in [0.05, 0.1) is 23.6 Å². The van der Waals surface area contributed by atoms with E-state index in [1.54, 1.807) is 13.0 Å². The van der Waals surface area contributed by atoms with E-state index in [2.05, 4.69) is 27.5 Å². The molecule has 6 heteroatoms. The van der Waals surface area contributed by atoms with Gasteiger partial charge in [-0.3, -0.25) is 9.36 Å². The maximum Gasteiger partial charge on any atom is 0.262 e. The summed E-state index contributed by atoms with van der Waals surface area (Å²) in [4.78, 5) is 17.2. The summed E-state index contributed by atoms with van der Waals surface area (Å²) in [6.07, 6.45) is -0.613. The predicted octanol–water partition coefficient (Wildman–Crippen LogP) is 3.21. The first-order valence-corrected chi connectivity index (χ1v) is 8.31. The number of aliphatic hydroxyl groups is 1. The van der Waals surface area contributed by atoms with Gasteiger partial charge in [-0.25, -0.2) is 4.98 Å². The minimum Gasteiger partial charge on any atom is -0.392 e. The normalized spacial score (nSPS) is 12.6. The highest BCUT2D eigenvalue weighted by Crippen LogP contribution is 2.21. The van der Waals surface area contributed by atoms with Crippen LogP contribution in [0, 0.1) is 0 Å². The van der Waals surface area contributed by atoms with Gasteiger partial charge < -0.3 is 5.11 Å². The number of aromatic nitrogens is 2. The molecule has 0 saturated carbocycles. The fourth-order valence-electron chi connectivity index (χ4n) is 1.90. The van der Waals surface area contributed by atoms with Crippen LogP contribution in [0.3, 0.4) is 0 Å². The van der Waals surface area contributed by atoms with Gasteiger partial charge in [0, 0.05) is 10.2 Å². The Hall–Kier alpha value is -1.11. The number of nitrogens with zero attached hydrogens (tertiary/aromatic N) is 2. The molecular weight excluding hydrogens is 352 g/mol. The fourth-order valence-corrected chi connectivity index (χ4v) is 3.11. The minimum atomic E-state index is -0.613. The van der Waals surface area contributed by atoms with E-state index in [9.17, 15) is 9.90 Å². The largest absolute Gasteiger partial charge is 0.392 e. The third-order valence-electron chi connectivity index (χ3n) is 2.78. The topological polar surface area (TPSA) is 55.1 Å². The summed E-state index contributed by atoms with van der Waals surface area (Å²) in [6, 6.07) is 5.44. The van der Waals surface area contributed by atoms with Crippen LogP contribution in [0.2, 0.25) is 0 Å². The Morgan fingerprint density at radius 3 is 2.90 bits per heavy atom. The molecule has 0 aliphatic carbocycles. The van der Waals surface area contributed by atoms with E-state index < -0.39 is 6.10 Å². The first kappa shape index (κ1) is 16.3. The predicted molar refractivity (Wildman–Crippen MR) is 90.9 cm³/mol. The third kappa shape index (κ3) is 3.96. The lowest BCUT2D eigenvalue weighted by Gasteiger charge is -2.14. The van der Waals surface area contributed by atoms with Gasteiger partial charge in [-0.15, -0.1) is 0 Å². The number of fused-ring (bicyclic) bond motifs is 1. The summed E-state index contributed by atoms with van der Waals surface area (Å²) in [6.45, 7) is 7.68. The Balaban J connectivity index is 2.61. The molecule has 21 heavy (non-hydrogen) atoms. The molecule has 0 fully saturated rings. The van der Waals surface area contributed by atoms with Crippen LogP contribution in [0.5, 0.6) is 0 Å². The van der Waals surface area contributed by atoms with Gasteiger partial charge in [-0.2, -0.15) is 0 Å². The van der Waals surface area contributed by atoms with Crippen LogP contribution >= 0.6 is 27.7 Å². The SMILES string of the molecule is C=C(C)CSc1nc2ccc(Br)cc2c(=O)n1CC(C)O. The fraction of sp³-hybridized carbons (Fsp3) is 0.333. The number of hydrogen-bond donors (Lipinski definition) is 1. The van der Waals surface area contributed by atoms with E-state index in [0.29, 0.717) is 21.8 Å². The van der Waals surface area contributed by atoms with Crippen LogP contribution in [0.25, 0.3) is 10.9 Å². The van der Waals surface area contributed by atoms with Crippen molar-refractivity contribution in [3.8, 4) is 0 Å². The molecule has 4 nitrogen and oxygen atoms in total. The second-order valence-electron chi connectivity index (χ2n) is 5.07. The number of halogens is 1. The summed E-state index contributed by atoms with van der Waals surface area (Å²) < 4.78 is 2.37. The van der Waals surface area contributed by atoms with E-state index in [4.69, 9.17) is 0 Å². The van der Waals surface area contributed by atoms with E-state index in [0.717, 1.165) is 10.0 Å². The second kappa shape index (κ2) is 6.77. The molecule has 0 spiro atoms. The van der Waals surface area contributed by atoms with Crippen molar-refractivity contribution in [3.63, 3.8) is 0 Å². The molecule has 1 aromatic carbocycles.